The molecule has 0 atom stereocenters. The number of aryl methyl sites for hydroxylation is 3. The van der Waals surface area contributed by atoms with E-state index in [1.54, 1.807) is 5.57 Å². The average Bonchev–Trinajstić information content (AvgIpc) is 3.45. The molecule has 0 fully saturated rings. The Morgan fingerprint density at radius 3 is 1.64 bits per heavy atom. The van der Waals surface area contributed by atoms with Gasteiger partial charge in [0, 0.05) is 22.5 Å². The predicted molar refractivity (Wildman–Crippen MR) is 236 cm³/mol. The van der Waals surface area contributed by atoms with Gasteiger partial charge in [0.05, 0.1) is 0 Å². The Labute approximate surface area is 328 Å². The van der Waals surface area contributed by atoms with Crippen LogP contribution in [0.5, 0.6) is 0 Å². The quantitative estimate of drug-likeness (QED) is 0.166. The molecule has 0 aliphatic heterocycles. The Morgan fingerprint density at radius 2 is 1.00 bits per heavy atom. The molecule has 0 aromatic heterocycles. The van der Waals surface area contributed by atoms with Crippen molar-refractivity contribution in [2.75, 3.05) is 4.90 Å². The van der Waals surface area contributed by atoms with Gasteiger partial charge in [-0.25, -0.2) is 0 Å². The summed E-state index contributed by atoms with van der Waals surface area (Å²) in [6.45, 7) is 11.3. The maximum absolute atomic E-state index is 2.44. The fraction of sp³-hybridized carbons (Fsp3) is 0.148. The second kappa shape index (κ2) is 15.3. The van der Waals surface area contributed by atoms with E-state index in [4.69, 9.17) is 0 Å². The van der Waals surface area contributed by atoms with E-state index in [-0.39, 0.29) is 5.41 Å². The first-order valence-electron chi connectivity index (χ1n) is 19.6. The van der Waals surface area contributed by atoms with Crippen molar-refractivity contribution in [3.63, 3.8) is 0 Å². The third-order valence-corrected chi connectivity index (χ3v) is 11.5. The molecule has 0 spiro atoms. The highest BCUT2D eigenvalue weighted by atomic mass is 15.1. The number of nitrogens with zero attached hydrogens (tertiary/aromatic N) is 1. The molecule has 7 aromatic carbocycles. The fourth-order valence-corrected chi connectivity index (χ4v) is 8.34. The highest BCUT2D eigenvalue weighted by molar-refractivity contribution is 5.89. The molecule has 0 N–H and O–H groups in total. The van der Waals surface area contributed by atoms with Crippen molar-refractivity contribution >= 4 is 22.6 Å². The average molecular weight is 712 g/mol. The van der Waals surface area contributed by atoms with Crippen molar-refractivity contribution < 1.29 is 0 Å². The summed E-state index contributed by atoms with van der Waals surface area (Å²) in [7, 11) is 0. The summed E-state index contributed by atoms with van der Waals surface area (Å²) in [6, 6.07) is 61.6. The number of anilines is 3. The van der Waals surface area contributed by atoms with E-state index in [9.17, 15) is 0 Å². The summed E-state index contributed by atoms with van der Waals surface area (Å²) in [5.74, 6) is 0. The molecule has 0 radical (unpaired) electrons. The largest absolute Gasteiger partial charge is 0.310 e. The van der Waals surface area contributed by atoms with Crippen molar-refractivity contribution in [3.05, 3.63) is 215 Å². The zero-order chi connectivity index (χ0) is 37.9. The van der Waals surface area contributed by atoms with Crippen LogP contribution in [0.1, 0.15) is 54.5 Å². The van der Waals surface area contributed by atoms with Crippen LogP contribution in [0, 0.1) is 20.8 Å². The molecule has 7 aromatic rings. The molecular formula is C54H49N. The van der Waals surface area contributed by atoms with Gasteiger partial charge >= 0.3 is 0 Å². The van der Waals surface area contributed by atoms with E-state index in [1.807, 2.05) is 18.2 Å². The number of hydrogen-bond acceptors (Lipinski definition) is 1. The summed E-state index contributed by atoms with van der Waals surface area (Å²) in [6.07, 6.45) is 6.95. The molecule has 0 saturated heterocycles. The van der Waals surface area contributed by atoms with Gasteiger partial charge in [-0.2, -0.15) is 0 Å². The van der Waals surface area contributed by atoms with Crippen molar-refractivity contribution in [2.24, 2.45) is 0 Å². The Balaban J connectivity index is 0.000000551. The molecule has 270 valence electrons. The van der Waals surface area contributed by atoms with Crippen molar-refractivity contribution in [1.29, 1.82) is 0 Å². The maximum Gasteiger partial charge on any atom is 0.0465 e. The van der Waals surface area contributed by atoms with Crippen LogP contribution in [0.3, 0.4) is 0 Å². The normalized spacial score (nSPS) is 13.8. The van der Waals surface area contributed by atoms with Gasteiger partial charge in [-0.15, -0.1) is 0 Å². The topological polar surface area (TPSA) is 3.24 Å². The second-order valence-corrected chi connectivity index (χ2v) is 15.5. The van der Waals surface area contributed by atoms with E-state index in [2.05, 4.69) is 203 Å². The van der Waals surface area contributed by atoms with Gasteiger partial charge < -0.3 is 4.90 Å². The van der Waals surface area contributed by atoms with Gasteiger partial charge in [0.1, 0.15) is 0 Å². The molecule has 0 unspecified atom stereocenters. The summed E-state index contributed by atoms with van der Waals surface area (Å²) >= 11 is 0. The summed E-state index contributed by atoms with van der Waals surface area (Å²) < 4.78 is 0. The van der Waals surface area contributed by atoms with Gasteiger partial charge in [0.15, 0.2) is 0 Å². The number of hydrogen-bond donors (Lipinski definition) is 0. The molecule has 1 heteroatoms. The lowest BCUT2D eigenvalue weighted by molar-refractivity contribution is 0.607. The minimum atomic E-state index is 0.0123. The fourth-order valence-electron chi connectivity index (χ4n) is 8.34. The molecule has 0 saturated carbocycles. The second-order valence-electron chi connectivity index (χ2n) is 15.5. The van der Waals surface area contributed by atoms with Crippen LogP contribution < -0.4 is 4.90 Å². The number of allylic oxidation sites excluding steroid dienone is 4. The van der Waals surface area contributed by atoms with Gasteiger partial charge in [0.2, 0.25) is 0 Å². The number of benzene rings is 7. The van der Waals surface area contributed by atoms with Crippen LogP contribution in [0.25, 0.3) is 39.0 Å². The molecule has 0 heterocycles. The lowest BCUT2D eigenvalue weighted by Gasteiger charge is -2.29. The predicted octanol–water partition coefficient (Wildman–Crippen LogP) is 15.2. The van der Waals surface area contributed by atoms with Gasteiger partial charge in [0.25, 0.3) is 0 Å². The van der Waals surface area contributed by atoms with E-state index >= 15 is 0 Å². The highest BCUT2D eigenvalue weighted by Gasteiger charge is 2.37. The molecular weight excluding hydrogens is 663 g/mol. The van der Waals surface area contributed by atoms with Crippen LogP contribution >= 0.6 is 0 Å². The van der Waals surface area contributed by atoms with E-state index in [1.165, 1.54) is 72.5 Å². The first-order valence-corrected chi connectivity index (χ1v) is 19.6. The third kappa shape index (κ3) is 7.23. The van der Waals surface area contributed by atoms with E-state index in [0.29, 0.717) is 0 Å². The van der Waals surface area contributed by atoms with Crippen LogP contribution in [0.15, 0.2) is 188 Å². The number of fused-ring (bicyclic) bond motifs is 2. The first-order chi connectivity index (χ1) is 26.8. The molecule has 0 bridgehead atoms. The van der Waals surface area contributed by atoms with Crippen LogP contribution in [0.2, 0.25) is 0 Å². The molecule has 1 nitrogen and oxygen atoms in total. The Kier molecular flexibility index (Phi) is 9.96. The molecule has 2 aliphatic rings. The Hall–Kier alpha value is -6.18. The van der Waals surface area contributed by atoms with Crippen molar-refractivity contribution in [3.8, 4) is 33.4 Å². The Bertz CT molecular complexity index is 2500. The minimum absolute atomic E-state index is 0.0123. The van der Waals surface area contributed by atoms with E-state index in [0.717, 1.165) is 24.2 Å². The van der Waals surface area contributed by atoms with E-state index < -0.39 is 0 Å². The zero-order valence-electron chi connectivity index (χ0n) is 32.7. The van der Waals surface area contributed by atoms with Crippen LogP contribution in [-0.4, -0.2) is 0 Å². The maximum atomic E-state index is 2.44. The summed E-state index contributed by atoms with van der Waals surface area (Å²) in [4.78, 5) is 2.41. The molecule has 2 aliphatic carbocycles. The Morgan fingerprint density at radius 1 is 0.455 bits per heavy atom. The minimum Gasteiger partial charge on any atom is -0.310 e. The smallest absolute Gasteiger partial charge is 0.0465 e. The van der Waals surface area contributed by atoms with Gasteiger partial charge in [-0.05, 0) is 137 Å². The standard InChI is InChI=1S/C47H41N.C7H8/c1-32-12-8-9-15-41(32)44-30-37(19-18-33(44)2)36-22-26-39(27-23-36)48(38-24-20-35(21-25-38)34-13-6-5-7-14-34)40-28-29-43-42-16-10-11-17-45(42)47(3,4)46(43)31-40;1-7-5-3-2-4-6-7/h5-10,12-16,18-31H,11,17H2,1-4H3;2-6H,1H3. The van der Waals surface area contributed by atoms with Crippen molar-refractivity contribution in [2.45, 2.75) is 52.9 Å². The monoisotopic (exact) mass is 711 g/mol. The number of rotatable bonds is 6. The summed E-state index contributed by atoms with van der Waals surface area (Å²) in [5, 5.41) is 0. The highest BCUT2D eigenvalue weighted by Crippen LogP contribution is 2.51. The molecule has 0 amide bonds. The van der Waals surface area contributed by atoms with Crippen molar-refractivity contribution in [1.82, 2.24) is 0 Å². The third-order valence-electron chi connectivity index (χ3n) is 11.5. The lowest BCUT2D eigenvalue weighted by Crippen LogP contribution is -2.18. The lowest BCUT2D eigenvalue weighted by atomic mass is 9.78. The van der Waals surface area contributed by atoms with Gasteiger partial charge in [-0.1, -0.05) is 165 Å². The SMILES string of the molecule is Cc1ccccc1.Cc1ccccc1-c1cc(-c2ccc(N(c3ccc(-c4ccccc4)cc3)c3ccc4c(c3)C(C)(C)C3=C4C=CCC3)cc2)ccc1C. The first kappa shape index (κ1) is 35.8. The zero-order valence-corrected chi connectivity index (χ0v) is 32.7. The van der Waals surface area contributed by atoms with Crippen LogP contribution in [0.4, 0.5) is 17.1 Å². The van der Waals surface area contributed by atoms with Crippen LogP contribution in [-0.2, 0) is 5.41 Å². The molecule has 55 heavy (non-hydrogen) atoms. The summed E-state index contributed by atoms with van der Waals surface area (Å²) in [5.41, 5.74) is 20.7. The van der Waals surface area contributed by atoms with Gasteiger partial charge in [-0.3, -0.25) is 0 Å². The molecule has 9 rings (SSSR count).